The highest BCUT2D eigenvalue weighted by Gasteiger charge is 2.27. The highest BCUT2D eigenvalue weighted by atomic mass is 35.5. The summed E-state index contributed by atoms with van der Waals surface area (Å²) in [7, 11) is 0. The van der Waals surface area contributed by atoms with Crippen LogP contribution in [0.25, 0.3) is 0 Å². The molecule has 1 fully saturated rings. The van der Waals surface area contributed by atoms with Gasteiger partial charge >= 0.3 is 5.97 Å². The minimum atomic E-state index is -1.01. The lowest BCUT2D eigenvalue weighted by Gasteiger charge is -2.23. The molecule has 1 saturated carbocycles. The van der Waals surface area contributed by atoms with Crippen molar-refractivity contribution in [2.24, 2.45) is 0 Å². The number of benzene rings is 3. The van der Waals surface area contributed by atoms with E-state index in [-0.39, 0.29) is 31.0 Å². The lowest BCUT2D eigenvalue weighted by Crippen LogP contribution is -2.26. The molecule has 40 heavy (non-hydrogen) atoms. The number of carbonyl (C=O) groups is 4. The van der Waals surface area contributed by atoms with E-state index >= 15 is 0 Å². The summed E-state index contributed by atoms with van der Waals surface area (Å²) in [6.45, 7) is 0.00338. The van der Waals surface area contributed by atoms with Gasteiger partial charge in [0.25, 0.3) is 5.91 Å². The van der Waals surface area contributed by atoms with Crippen molar-refractivity contribution in [3.63, 3.8) is 0 Å². The second-order valence-corrected chi connectivity index (χ2v) is 11.1. The van der Waals surface area contributed by atoms with Crippen LogP contribution in [0.15, 0.2) is 66.7 Å². The molecule has 0 radical (unpaired) electrons. The van der Waals surface area contributed by atoms with Crippen LogP contribution in [0.5, 0.6) is 0 Å². The standard InChI is InChI=1S/C32H31Cl2NO5/c33-26-16-25(17-27(34)18-26)29(36)19-28(22-8-6-21(7-9-22)20-4-2-1-3-5-20)31(39)23-10-12-24(13-11-23)32(40)35-15-14-30(37)38/h6-13,16-18,20,28H,1-5,14-15,19H2,(H,35,40)(H,37,38). The van der Waals surface area contributed by atoms with Crippen LogP contribution in [-0.4, -0.2) is 35.1 Å². The van der Waals surface area contributed by atoms with Gasteiger partial charge in [0.05, 0.1) is 12.3 Å². The van der Waals surface area contributed by atoms with Crippen molar-refractivity contribution in [3.8, 4) is 0 Å². The van der Waals surface area contributed by atoms with Crippen LogP contribution in [0.2, 0.25) is 10.0 Å². The predicted octanol–water partition coefficient (Wildman–Crippen LogP) is 7.49. The highest BCUT2D eigenvalue weighted by Crippen LogP contribution is 2.34. The van der Waals surface area contributed by atoms with Gasteiger partial charge in [-0.3, -0.25) is 19.2 Å². The van der Waals surface area contributed by atoms with Gasteiger partial charge in [-0.05, 0) is 60.2 Å². The van der Waals surface area contributed by atoms with Crippen LogP contribution in [-0.2, 0) is 4.79 Å². The first-order chi connectivity index (χ1) is 19.2. The third-order valence-corrected chi connectivity index (χ3v) is 7.80. The lowest BCUT2D eigenvalue weighted by atomic mass is 9.81. The van der Waals surface area contributed by atoms with Crippen molar-refractivity contribution >= 4 is 46.6 Å². The van der Waals surface area contributed by atoms with E-state index in [4.69, 9.17) is 28.3 Å². The first kappa shape index (κ1) is 29.5. The maximum absolute atomic E-state index is 13.8. The molecule has 6 nitrogen and oxygen atoms in total. The quantitative estimate of drug-likeness (QED) is 0.229. The molecule has 1 amide bonds. The Balaban J connectivity index is 1.57. The smallest absolute Gasteiger partial charge is 0.305 e. The Bertz CT molecular complexity index is 1360. The number of ketones is 2. The van der Waals surface area contributed by atoms with Gasteiger partial charge in [0.2, 0.25) is 0 Å². The number of hydrogen-bond acceptors (Lipinski definition) is 4. The zero-order valence-corrected chi connectivity index (χ0v) is 23.5. The van der Waals surface area contributed by atoms with Gasteiger partial charge in [-0.25, -0.2) is 0 Å². The topological polar surface area (TPSA) is 101 Å². The van der Waals surface area contributed by atoms with Crippen molar-refractivity contribution in [3.05, 3.63) is 105 Å². The fourth-order valence-corrected chi connectivity index (χ4v) is 5.71. The van der Waals surface area contributed by atoms with E-state index in [9.17, 15) is 19.2 Å². The van der Waals surface area contributed by atoms with Crippen molar-refractivity contribution < 1.29 is 24.3 Å². The summed E-state index contributed by atoms with van der Waals surface area (Å²) in [6, 6.07) is 18.8. The summed E-state index contributed by atoms with van der Waals surface area (Å²) < 4.78 is 0. The van der Waals surface area contributed by atoms with Crippen molar-refractivity contribution in [2.75, 3.05) is 6.54 Å². The van der Waals surface area contributed by atoms with Crippen molar-refractivity contribution in [1.82, 2.24) is 5.32 Å². The molecule has 208 valence electrons. The number of nitrogens with one attached hydrogen (secondary N) is 1. The summed E-state index contributed by atoms with van der Waals surface area (Å²) in [5, 5.41) is 12.0. The molecule has 8 heteroatoms. The molecular weight excluding hydrogens is 549 g/mol. The number of Topliss-reactive ketones (excluding diaryl/α,β-unsaturated/α-hetero) is 2. The molecule has 1 atom stereocenters. The van der Waals surface area contributed by atoms with E-state index in [1.165, 1.54) is 37.0 Å². The molecule has 0 saturated heterocycles. The SMILES string of the molecule is O=C(O)CCNC(=O)c1ccc(C(=O)C(CC(=O)c2cc(Cl)cc(Cl)c2)c2ccc(C3CCCCC3)cc2)cc1. The molecule has 3 aromatic carbocycles. The maximum Gasteiger partial charge on any atom is 0.305 e. The average Bonchev–Trinajstić information content (AvgIpc) is 2.95. The number of aliphatic carboxylic acids is 1. The predicted molar refractivity (Wildman–Crippen MR) is 156 cm³/mol. The molecule has 0 aliphatic heterocycles. The molecule has 0 heterocycles. The molecule has 1 aliphatic carbocycles. The summed E-state index contributed by atoms with van der Waals surface area (Å²) in [5.41, 5.74) is 2.99. The molecule has 0 spiro atoms. The van der Waals surface area contributed by atoms with Crippen LogP contribution >= 0.6 is 23.2 Å². The van der Waals surface area contributed by atoms with Crippen LogP contribution in [0.1, 0.15) is 99.0 Å². The largest absolute Gasteiger partial charge is 0.481 e. The van der Waals surface area contributed by atoms with Crippen LogP contribution in [0, 0.1) is 0 Å². The number of carboxylic acid groups (broad SMARTS) is 1. The summed E-state index contributed by atoms with van der Waals surface area (Å²) in [4.78, 5) is 50.1. The number of carboxylic acids is 1. The van der Waals surface area contributed by atoms with Crippen LogP contribution < -0.4 is 5.32 Å². The second-order valence-electron chi connectivity index (χ2n) is 10.2. The minimum absolute atomic E-state index is 0.00338. The van der Waals surface area contributed by atoms with E-state index in [0.717, 1.165) is 18.4 Å². The second kappa shape index (κ2) is 13.7. The Labute approximate surface area is 243 Å². The minimum Gasteiger partial charge on any atom is -0.481 e. The van der Waals surface area contributed by atoms with E-state index < -0.39 is 17.8 Å². The van der Waals surface area contributed by atoms with E-state index in [2.05, 4.69) is 17.4 Å². The molecule has 1 aliphatic rings. The third kappa shape index (κ3) is 7.80. The van der Waals surface area contributed by atoms with Crippen LogP contribution in [0.4, 0.5) is 0 Å². The van der Waals surface area contributed by atoms with E-state index in [1.54, 1.807) is 30.3 Å². The molecule has 0 bridgehead atoms. The molecule has 2 N–H and O–H groups in total. The first-order valence-corrected chi connectivity index (χ1v) is 14.2. The fraction of sp³-hybridized carbons (Fsp3) is 0.312. The summed E-state index contributed by atoms with van der Waals surface area (Å²) in [6.07, 6.45) is 5.77. The number of hydrogen-bond donors (Lipinski definition) is 2. The molecule has 3 aromatic rings. The van der Waals surface area contributed by atoms with Gasteiger partial charge in [-0.1, -0.05) is 78.9 Å². The zero-order chi connectivity index (χ0) is 28.6. The van der Waals surface area contributed by atoms with Crippen molar-refractivity contribution in [2.45, 2.75) is 56.8 Å². The van der Waals surface area contributed by atoms with Gasteiger partial charge in [-0.2, -0.15) is 0 Å². The average molecular weight is 581 g/mol. The van der Waals surface area contributed by atoms with Crippen molar-refractivity contribution in [1.29, 1.82) is 0 Å². The molecule has 1 unspecified atom stereocenters. The number of amides is 1. The molecular formula is C32H31Cl2NO5. The number of halogens is 2. The third-order valence-electron chi connectivity index (χ3n) is 7.36. The van der Waals surface area contributed by atoms with Gasteiger partial charge in [0.15, 0.2) is 11.6 Å². The highest BCUT2D eigenvalue weighted by molar-refractivity contribution is 6.35. The first-order valence-electron chi connectivity index (χ1n) is 13.4. The normalized spacial score (nSPS) is 14.3. The Hall–Kier alpha value is -3.48. The van der Waals surface area contributed by atoms with Crippen LogP contribution in [0.3, 0.4) is 0 Å². The zero-order valence-electron chi connectivity index (χ0n) is 22.0. The lowest BCUT2D eigenvalue weighted by molar-refractivity contribution is -0.136. The number of carbonyl (C=O) groups excluding carboxylic acids is 3. The Kier molecular flexibility index (Phi) is 10.1. The molecule has 4 rings (SSSR count). The fourth-order valence-electron chi connectivity index (χ4n) is 5.19. The van der Waals surface area contributed by atoms with Gasteiger partial charge in [0.1, 0.15) is 0 Å². The molecule has 0 aromatic heterocycles. The summed E-state index contributed by atoms with van der Waals surface area (Å²) in [5.74, 6) is -2.17. The van der Waals surface area contributed by atoms with E-state index in [1.807, 2.05) is 12.1 Å². The number of rotatable bonds is 11. The van der Waals surface area contributed by atoms with E-state index in [0.29, 0.717) is 32.7 Å². The Morgan fingerprint density at radius 2 is 1.40 bits per heavy atom. The Morgan fingerprint density at radius 3 is 2.00 bits per heavy atom. The summed E-state index contributed by atoms with van der Waals surface area (Å²) >= 11 is 12.2. The monoisotopic (exact) mass is 579 g/mol. The Morgan fingerprint density at radius 1 is 0.800 bits per heavy atom. The maximum atomic E-state index is 13.8. The van der Waals surface area contributed by atoms with Gasteiger partial charge in [-0.15, -0.1) is 0 Å². The van der Waals surface area contributed by atoms with Gasteiger partial charge < -0.3 is 10.4 Å². The van der Waals surface area contributed by atoms with Gasteiger partial charge in [0, 0.05) is 39.7 Å².